The molecule has 2 fully saturated rings. The van der Waals surface area contributed by atoms with Crippen LogP contribution in [0.3, 0.4) is 0 Å². The predicted octanol–water partition coefficient (Wildman–Crippen LogP) is 0.765. The molecule has 0 aromatic carbocycles. The molecule has 0 aromatic rings. The van der Waals surface area contributed by atoms with Gasteiger partial charge in [-0.05, 0) is 26.0 Å². The van der Waals surface area contributed by atoms with Crippen LogP contribution in [0, 0.1) is 0 Å². The second-order valence-corrected chi connectivity index (χ2v) is 6.30. The van der Waals surface area contributed by atoms with E-state index < -0.39 is 0 Å². The third kappa shape index (κ3) is 3.36. The fourth-order valence-electron chi connectivity index (χ4n) is 2.44. The molecule has 2 N–H and O–H groups in total. The molecule has 1 aliphatic heterocycles. The molecule has 5 heteroatoms. The highest BCUT2D eigenvalue weighted by molar-refractivity contribution is 7.99. The van der Waals surface area contributed by atoms with Gasteiger partial charge in [-0.3, -0.25) is 4.79 Å². The lowest BCUT2D eigenvalue weighted by atomic mass is 10.0. The van der Waals surface area contributed by atoms with Gasteiger partial charge in [-0.25, -0.2) is 0 Å². The molecule has 1 saturated heterocycles. The van der Waals surface area contributed by atoms with Crippen molar-refractivity contribution in [1.29, 1.82) is 0 Å². The van der Waals surface area contributed by atoms with Crippen LogP contribution in [0.1, 0.15) is 26.2 Å². The summed E-state index contributed by atoms with van der Waals surface area (Å²) in [7, 11) is 0. The maximum Gasteiger partial charge on any atom is 0.246 e. The first kappa shape index (κ1) is 13.2. The van der Waals surface area contributed by atoms with E-state index in [4.69, 9.17) is 4.74 Å². The Bertz CT molecular complexity index is 282. The van der Waals surface area contributed by atoms with Crippen molar-refractivity contribution < 1.29 is 9.53 Å². The van der Waals surface area contributed by atoms with Gasteiger partial charge in [-0.2, -0.15) is 11.8 Å². The Morgan fingerprint density at radius 1 is 1.53 bits per heavy atom. The standard InChI is InChI=1S/C12H22N2O2S/c1-12(7-13-8-12)16-6-11(15)14-9-4-3-5-10(9)17-2/h9-10,13H,3-8H2,1-2H3,(H,14,15). The predicted molar refractivity (Wildman–Crippen MR) is 70.3 cm³/mol. The number of carbonyl (C=O) groups excluding carboxylic acids is 1. The summed E-state index contributed by atoms with van der Waals surface area (Å²) in [6.07, 6.45) is 5.66. The number of thioether (sulfide) groups is 1. The zero-order chi connectivity index (χ0) is 12.3. The second-order valence-electron chi connectivity index (χ2n) is 5.22. The summed E-state index contributed by atoms with van der Waals surface area (Å²) >= 11 is 1.86. The molecule has 98 valence electrons. The third-order valence-corrected chi connectivity index (χ3v) is 4.82. The lowest BCUT2D eigenvalue weighted by molar-refractivity contribution is -0.136. The van der Waals surface area contributed by atoms with Gasteiger partial charge in [0.2, 0.25) is 5.91 Å². The number of ether oxygens (including phenoxy) is 1. The van der Waals surface area contributed by atoms with Crippen molar-refractivity contribution in [3.63, 3.8) is 0 Å². The van der Waals surface area contributed by atoms with Gasteiger partial charge in [0.15, 0.2) is 0 Å². The van der Waals surface area contributed by atoms with Gasteiger partial charge in [-0.15, -0.1) is 0 Å². The van der Waals surface area contributed by atoms with Crippen LogP contribution in [0.15, 0.2) is 0 Å². The van der Waals surface area contributed by atoms with E-state index in [1.54, 1.807) is 0 Å². The highest BCUT2D eigenvalue weighted by Crippen LogP contribution is 2.28. The smallest absolute Gasteiger partial charge is 0.246 e. The summed E-state index contributed by atoms with van der Waals surface area (Å²) < 4.78 is 5.63. The average molecular weight is 258 g/mol. The van der Waals surface area contributed by atoms with Crippen molar-refractivity contribution in [3.8, 4) is 0 Å². The van der Waals surface area contributed by atoms with E-state index in [9.17, 15) is 4.79 Å². The first-order chi connectivity index (χ1) is 8.13. The lowest BCUT2D eigenvalue weighted by Crippen LogP contribution is -2.59. The summed E-state index contributed by atoms with van der Waals surface area (Å²) in [6.45, 7) is 3.92. The van der Waals surface area contributed by atoms with Gasteiger partial charge in [0.1, 0.15) is 6.61 Å². The fraction of sp³-hybridized carbons (Fsp3) is 0.917. The van der Waals surface area contributed by atoms with Crippen molar-refractivity contribution in [1.82, 2.24) is 10.6 Å². The Morgan fingerprint density at radius 2 is 2.29 bits per heavy atom. The van der Waals surface area contributed by atoms with Crippen LogP contribution in [0.5, 0.6) is 0 Å². The van der Waals surface area contributed by atoms with Gasteiger partial charge >= 0.3 is 0 Å². The average Bonchev–Trinajstić information content (AvgIpc) is 2.71. The highest BCUT2D eigenvalue weighted by Gasteiger charge is 2.34. The van der Waals surface area contributed by atoms with Crippen molar-refractivity contribution in [2.24, 2.45) is 0 Å². The molecular weight excluding hydrogens is 236 g/mol. The molecule has 2 rings (SSSR count). The molecule has 1 saturated carbocycles. The van der Waals surface area contributed by atoms with Crippen LogP contribution < -0.4 is 10.6 Å². The molecule has 0 aromatic heterocycles. The van der Waals surface area contributed by atoms with Gasteiger partial charge in [-0.1, -0.05) is 6.42 Å². The number of carbonyl (C=O) groups is 1. The van der Waals surface area contributed by atoms with Crippen molar-refractivity contribution in [3.05, 3.63) is 0 Å². The molecule has 2 aliphatic rings. The molecule has 1 aliphatic carbocycles. The Hall–Kier alpha value is -0.260. The summed E-state index contributed by atoms with van der Waals surface area (Å²) in [5, 5.41) is 6.83. The highest BCUT2D eigenvalue weighted by atomic mass is 32.2. The van der Waals surface area contributed by atoms with E-state index in [0.717, 1.165) is 19.5 Å². The molecule has 2 atom stereocenters. The summed E-state index contributed by atoms with van der Waals surface area (Å²) in [6, 6.07) is 0.341. The molecule has 2 unspecified atom stereocenters. The van der Waals surface area contributed by atoms with E-state index in [1.165, 1.54) is 12.8 Å². The topological polar surface area (TPSA) is 50.4 Å². The van der Waals surface area contributed by atoms with Crippen LogP contribution in [0.25, 0.3) is 0 Å². The van der Waals surface area contributed by atoms with Gasteiger partial charge in [0, 0.05) is 24.4 Å². The second kappa shape index (κ2) is 5.59. The van der Waals surface area contributed by atoms with Crippen LogP contribution in [0.4, 0.5) is 0 Å². The zero-order valence-electron chi connectivity index (χ0n) is 10.6. The van der Waals surface area contributed by atoms with E-state index >= 15 is 0 Å². The normalized spacial score (nSPS) is 30.9. The van der Waals surface area contributed by atoms with Crippen molar-refractivity contribution in [2.45, 2.75) is 43.1 Å². The first-order valence-corrected chi connectivity index (χ1v) is 7.59. The molecule has 0 bridgehead atoms. The van der Waals surface area contributed by atoms with Gasteiger partial charge in [0.25, 0.3) is 0 Å². The maximum atomic E-state index is 11.8. The maximum absolute atomic E-state index is 11.8. The molecular formula is C12H22N2O2S. The van der Waals surface area contributed by atoms with Crippen LogP contribution in [-0.4, -0.2) is 48.8 Å². The Kier molecular flexibility index (Phi) is 4.33. The number of rotatable bonds is 5. The van der Waals surface area contributed by atoms with Gasteiger partial charge in [0.05, 0.1) is 5.60 Å². The van der Waals surface area contributed by atoms with Crippen LogP contribution in [0.2, 0.25) is 0 Å². The van der Waals surface area contributed by atoms with E-state index in [1.807, 2.05) is 18.7 Å². The van der Waals surface area contributed by atoms with Crippen molar-refractivity contribution in [2.75, 3.05) is 26.0 Å². The number of amides is 1. The lowest BCUT2D eigenvalue weighted by Gasteiger charge is -2.38. The molecule has 4 nitrogen and oxygen atoms in total. The number of nitrogens with one attached hydrogen (secondary N) is 2. The largest absolute Gasteiger partial charge is 0.363 e. The van der Waals surface area contributed by atoms with E-state index in [-0.39, 0.29) is 18.1 Å². The van der Waals surface area contributed by atoms with Crippen LogP contribution >= 0.6 is 11.8 Å². The minimum atomic E-state index is -0.133. The molecule has 0 radical (unpaired) electrons. The third-order valence-electron chi connectivity index (χ3n) is 3.65. The van der Waals surface area contributed by atoms with E-state index in [2.05, 4.69) is 16.9 Å². The molecule has 17 heavy (non-hydrogen) atoms. The summed E-state index contributed by atoms with van der Waals surface area (Å²) in [5.41, 5.74) is -0.133. The monoisotopic (exact) mass is 258 g/mol. The SMILES string of the molecule is CSC1CCCC1NC(=O)COC1(C)CNC1. The Labute approximate surface area is 107 Å². The van der Waals surface area contributed by atoms with E-state index in [0.29, 0.717) is 11.3 Å². The Morgan fingerprint density at radius 3 is 2.88 bits per heavy atom. The molecule has 1 amide bonds. The summed E-state index contributed by atoms with van der Waals surface area (Å²) in [4.78, 5) is 11.8. The zero-order valence-corrected chi connectivity index (χ0v) is 11.4. The number of hydrogen-bond acceptors (Lipinski definition) is 4. The summed E-state index contributed by atoms with van der Waals surface area (Å²) in [5.74, 6) is 0.0316. The van der Waals surface area contributed by atoms with Crippen LogP contribution in [-0.2, 0) is 9.53 Å². The molecule has 1 heterocycles. The first-order valence-electron chi connectivity index (χ1n) is 6.30. The quantitative estimate of drug-likeness (QED) is 0.764. The minimum absolute atomic E-state index is 0.0316. The minimum Gasteiger partial charge on any atom is -0.363 e. The van der Waals surface area contributed by atoms with Gasteiger partial charge < -0.3 is 15.4 Å². The fourth-order valence-corrected chi connectivity index (χ4v) is 3.38. The number of hydrogen-bond donors (Lipinski definition) is 2. The Balaban J connectivity index is 1.69. The van der Waals surface area contributed by atoms with Crippen molar-refractivity contribution >= 4 is 17.7 Å². The molecule has 0 spiro atoms.